The molecular weight excluding hydrogens is 360 g/mol. The summed E-state index contributed by atoms with van der Waals surface area (Å²) in [5.74, 6) is 0. The Hall–Kier alpha value is 0.200. The first-order valence-corrected chi connectivity index (χ1v) is 8.67. The van der Waals surface area contributed by atoms with Crippen molar-refractivity contribution in [3.8, 4) is 0 Å². The van der Waals surface area contributed by atoms with Gasteiger partial charge in [-0.2, -0.15) is 0 Å². The number of hydrogen-bond donors (Lipinski definition) is 1. The second-order valence-electron chi connectivity index (χ2n) is 4.09. The van der Waals surface area contributed by atoms with Crippen LogP contribution in [0.2, 0.25) is 0 Å². The van der Waals surface area contributed by atoms with Gasteiger partial charge in [0.05, 0.1) is 85.9 Å². The van der Waals surface area contributed by atoms with Crippen LogP contribution in [-0.4, -0.2) is 96.3 Å². The van der Waals surface area contributed by atoms with Crippen LogP contribution in [0.3, 0.4) is 0 Å². The molecule has 0 rings (SSSR count). The molecule has 0 aromatic heterocycles. The fraction of sp³-hybridized carbons (Fsp3) is 1.00. The fourth-order valence-corrected chi connectivity index (χ4v) is 1.55. The molecule has 0 radical (unpaired) electrons. The molecule has 0 aromatic rings. The van der Waals surface area contributed by atoms with E-state index in [1.165, 1.54) is 0 Å². The van der Waals surface area contributed by atoms with Crippen LogP contribution >= 0.6 is 15.9 Å². The molecule has 7 nitrogen and oxygen atoms in total. The Morgan fingerprint density at radius 3 is 1.00 bits per heavy atom. The molecule has 0 fully saturated rings. The van der Waals surface area contributed by atoms with Gasteiger partial charge < -0.3 is 33.5 Å². The molecule has 134 valence electrons. The summed E-state index contributed by atoms with van der Waals surface area (Å²) in [5, 5.41) is 9.33. The number of alkyl halides is 1. The first kappa shape index (κ1) is 22.2. The number of ether oxygens (including phenoxy) is 6. The second kappa shape index (κ2) is 21.2. The summed E-state index contributed by atoms with van der Waals surface area (Å²) in [6.07, 6.45) is 0. The molecule has 0 unspecified atom stereocenters. The van der Waals surface area contributed by atoms with Gasteiger partial charge in [-0.25, -0.2) is 0 Å². The number of halogens is 1. The zero-order valence-electron chi connectivity index (χ0n) is 13.2. The Bertz CT molecular complexity index is 178. The average Bonchev–Trinajstić information content (AvgIpc) is 2.54. The molecule has 0 aliphatic rings. The van der Waals surface area contributed by atoms with Crippen LogP contribution in [0.1, 0.15) is 0 Å². The van der Waals surface area contributed by atoms with E-state index in [1.807, 2.05) is 0 Å². The van der Waals surface area contributed by atoms with E-state index in [9.17, 15) is 0 Å². The number of aliphatic hydroxyl groups is 1. The van der Waals surface area contributed by atoms with E-state index in [2.05, 4.69) is 15.9 Å². The van der Waals surface area contributed by atoms with Gasteiger partial charge in [0, 0.05) is 5.33 Å². The van der Waals surface area contributed by atoms with Gasteiger partial charge >= 0.3 is 0 Å². The molecule has 1 N–H and O–H groups in total. The maximum absolute atomic E-state index is 8.49. The Balaban J connectivity index is 2.91. The summed E-state index contributed by atoms with van der Waals surface area (Å²) in [4.78, 5) is 0. The van der Waals surface area contributed by atoms with Crippen LogP contribution in [0, 0.1) is 0 Å². The quantitative estimate of drug-likeness (QED) is 0.254. The highest BCUT2D eigenvalue weighted by atomic mass is 79.9. The minimum atomic E-state index is 0.0407. The van der Waals surface area contributed by atoms with Crippen LogP contribution in [-0.2, 0) is 28.4 Å². The molecule has 0 atom stereocenters. The fourth-order valence-electron chi connectivity index (χ4n) is 1.32. The van der Waals surface area contributed by atoms with Crippen LogP contribution in [0.15, 0.2) is 0 Å². The third kappa shape index (κ3) is 20.2. The van der Waals surface area contributed by atoms with Gasteiger partial charge in [-0.1, -0.05) is 15.9 Å². The van der Waals surface area contributed by atoms with Crippen LogP contribution in [0.5, 0.6) is 0 Å². The van der Waals surface area contributed by atoms with Gasteiger partial charge in [-0.05, 0) is 0 Å². The molecule has 0 aliphatic heterocycles. The van der Waals surface area contributed by atoms with Crippen molar-refractivity contribution in [3.63, 3.8) is 0 Å². The standard InChI is InChI=1S/C14H29BrO7/c15-1-3-17-5-7-19-9-11-21-13-14-22-12-10-20-8-6-18-4-2-16/h16H,1-14H2. The maximum Gasteiger partial charge on any atom is 0.0701 e. The Morgan fingerprint density at radius 2 is 0.727 bits per heavy atom. The summed E-state index contributed by atoms with van der Waals surface area (Å²) in [7, 11) is 0. The topological polar surface area (TPSA) is 75.6 Å². The van der Waals surface area contributed by atoms with Crippen molar-refractivity contribution in [3.05, 3.63) is 0 Å². The average molecular weight is 389 g/mol. The number of aliphatic hydroxyl groups excluding tert-OH is 1. The van der Waals surface area contributed by atoms with E-state index in [4.69, 9.17) is 33.5 Å². The van der Waals surface area contributed by atoms with Crippen molar-refractivity contribution in [1.29, 1.82) is 0 Å². The Kier molecular flexibility index (Phi) is 21.4. The number of hydrogen-bond acceptors (Lipinski definition) is 7. The lowest BCUT2D eigenvalue weighted by atomic mass is 10.7. The highest BCUT2D eigenvalue weighted by Crippen LogP contribution is 1.85. The summed E-state index contributed by atoms with van der Waals surface area (Å²) in [6, 6.07) is 0. The van der Waals surface area contributed by atoms with Crippen molar-refractivity contribution in [2.75, 3.05) is 91.2 Å². The summed E-state index contributed by atoms with van der Waals surface area (Å²) in [6.45, 7) is 6.56. The van der Waals surface area contributed by atoms with Crippen molar-refractivity contribution in [1.82, 2.24) is 0 Å². The van der Waals surface area contributed by atoms with Gasteiger partial charge in [0.15, 0.2) is 0 Å². The van der Waals surface area contributed by atoms with E-state index in [-0.39, 0.29) is 6.61 Å². The van der Waals surface area contributed by atoms with Gasteiger partial charge in [0.2, 0.25) is 0 Å². The molecule has 22 heavy (non-hydrogen) atoms. The van der Waals surface area contributed by atoms with Crippen LogP contribution in [0.4, 0.5) is 0 Å². The van der Waals surface area contributed by atoms with Gasteiger partial charge in [-0.3, -0.25) is 0 Å². The van der Waals surface area contributed by atoms with E-state index in [0.29, 0.717) is 79.3 Å². The minimum Gasteiger partial charge on any atom is -0.394 e. The smallest absolute Gasteiger partial charge is 0.0701 e. The van der Waals surface area contributed by atoms with Crippen molar-refractivity contribution >= 4 is 15.9 Å². The summed E-state index contributed by atoms with van der Waals surface area (Å²) in [5.41, 5.74) is 0. The van der Waals surface area contributed by atoms with Crippen molar-refractivity contribution in [2.24, 2.45) is 0 Å². The van der Waals surface area contributed by atoms with Gasteiger partial charge in [0.25, 0.3) is 0 Å². The molecule has 0 amide bonds. The van der Waals surface area contributed by atoms with E-state index >= 15 is 0 Å². The lowest BCUT2D eigenvalue weighted by molar-refractivity contribution is -0.0176. The zero-order chi connectivity index (χ0) is 16.1. The Morgan fingerprint density at radius 1 is 0.455 bits per heavy atom. The maximum atomic E-state index is 8.49. The molecular formula is C14H29BrO7. The molecule has 0 heterocycles. The van der Waals surface area contributed by atoms with E-state index in [0.717, 1.165) is 5.33 Å². The lowest BCUT2D eigenvalue weighted by Gasteiger charge is -2.07. The molecule has 0 saturated carbocycles. The van der Waals surface area contributed by atoms with E-state index in [1.54, 1.807) is 0 Å². The Labute approximate surface area is 141 Å². The largest absolute Gasteiger partial charge is 0.394 e. The lowest BCUT2D eigenvalue weighted by Crippen LogP contribution is -2.14. The number of rotatable bonds is 19. The van der Waals surface area contributed by atoms with Crippen molar-refractivity contribution in [2.45, 2.75) is 0 Å². The normalized spacial score (nSPS) is 11.2. The molecule has 0 spiro atoms. The predicted molar refractivity (Wildman–Crippen MR) is 85.8 cm³/mol. The highest BCUT2D eigenvalue weighted by Gasteiger charge is 1.93. The zero-order valence-corrected chi connectivity index (χ0v) is 14.8. The molecule has 0 aromatic carbocycles. The summed E-state index contributed by atoms with van der Waals surface area (Å²) >= 11 is 3.28. The molecule has 8 heteroatoms. The monoisotopic (exact) mass is 388 g/mol. The van der Waals surface area contributed by atoms with Crippen molar-refractivity contribution < 1.29 is 33.5 Å². The third-order valence-corrected chi connectivity index (χ3v) is 2.64. The summed E-state index contributed by atoms with van der Waals surface area (Å²) < 4.78 is 31.6. The first-order valence-electron chi connectivity index (χ1n) is 7.55. The minimum absolute atomic E-state index is 0.0407. The van der Waals surface area contributed by atoms with Gasteiger partial charge in [-0.15, -0.1) is 0 Å². The predicted octanol–water partition coefficient (Wildman–Crippen LogP) is 0.473. The molecule has 0 bridgehead atoms. The SMILES string of the molecule is OCCOCCOCCOCCOCCOCCOCCBr. The molecule has 0 aliphatic carbocycles. The second-order valence-corrected chi connectivity index (χ2v) is 4.88. The van der Waals surface area contributed by atoms with Crippen LogP contribution < -0.4 is 0 Å². The third-order valence-electron chi connectivity index (χ3n) is 2.32. The molecule has 0 saturated heterocycles. The van der Waals surface area contributed by atoms with E-state index < -0.39 is 0 Å². The first-order chi connectivity index (χ1) is 10.9. The highest BCUT2D eigenvalue weighted by molar-refractivity contribution is 9.09. The van der Waals surface area contributed by atoms with Crippen LogP contribution in [0.25, 0.3) is 0 Å². The van der Waals surface area contributed by atoms with Gasteiger partial charge in [0.1, 0.15) is 0 Å².